The number of alkyl carbamates (subject to hydrolysis) is 1. The third kappa shape index (κ3) is 9.83. The fourth-order valence-corrected chi connectivity index (χ4v) is 12.5. The molecule has 15 heteroatoms. The highest BCUT2D eigenvalue weighted by Gasteiger charge is 2.55. The molecule has 2 aliphatic rings. The molecule has 1 unspecified atom stereocenters. The number of nitrogens with zero attached hydrogens (tertiary/aromatic N) is 1. The highest BCUT2D eigenvalue weighted by atomic mass is 32.2. The van der Waals surface area contributed by atoms with Gasteiger partial charge in [-0.1, -0.05) is 103 Å². The van der Waals surface area contributed by atoms with E-state index in [1.54, 1.807) is 20.8 Å². The van der Waals surface area contributed by atoms with Crippen molar-refractivity contribution in [2.75, 3.05) is 18.1 Å². The molecule has 0 radical (unpaired) electrons. The monoisotopic (exact) mass is 871 g/mol. The molecule has 1 saturated heterocycles. The van der Waals surface area contributed by atoms with Gasteiger partial charge in [0.2, 0.25) is 11.3 Å². The number of ether oxygens (including phenoxy) is 2. The van der Waals surface area contributed by atoms with Gasteiger partial charge in [-0.3, -0.25) is 19.3 Å². The molecule has 4 heterocycles. The van der Waals surface area contributed by atoms with Crippen LogP contribution >= 0.6 is 58.0 Å². The largest absolute Gasteiger partial charge is 0.448 e. The van der Waals surface area contributed by atoms with Crippen molar-refractivity contribution < 1.29 is 28.7 Å². The quantitative estimate of drug-likeness (QED) is 0.0638. The Hall–Kier alpha value is -4.54. The number of carbonyl (C=O) groups excluding carboxylic acids is 4. The summed E-state index contributed by atoms with van der Waals surface area (Å²) in [6.07, 6.45) is -1.15. The molecule has 7 rings (SSSR count). The molecular weight excluding hydrogens is 831 g/mol. The molecule has 2 N–H and O–H groups in total. The summed E-state index contributed by atoms with van der Waals surface area (Å²) in [4.78, 5) is 70.1. The number of β-lactam (4-membered cyclic amide) rings is 1. The molecule has 3 aromatic carbocycles. The van der Waals surface area contributed by atoms with Crippen LogP contribution in [0.2, 0.25) is 0 Å². The first-order chi connectivity index (χ1) is 28.0. The molecule has 1 fully saturated rings. The number of thiophene rings is 1. The Balaban J connectivity index is 1.19. The molecule has 0 bridgehead atoms. The summed E-state index contributed by atoms with van der Waals surface area (Å²) in [6, 6.07) is 29.3. The maximum atomic E-state index is 14.7. The summed E-state index contributed by atoms with van der Waals surface area (Å²) >= 11 is 7.13. The minimum atomic E-state index is -0.825. The van der Waals surface area contributed by atoms with E-state index in [1.165, 1.54) is 62.9 Å². The highest BCUT2D eigenvalue weighted by Crippen LogP contribution is 2.48. The predicted octanol–water partition coefficient (Wildman–Crippen LogP) is 8.36. The van der Waals surface area contributed by atoms with Crippen LogP contribution in [-0.2, 0) is 36.0 Å². The second-order valence-corrected chi connectivity index (χ2v) is 19.9. The Bertz CT molecular complexity index is 2340. The molecule has 2 atom stereocenters. The highest BCUT2D eigenvalue weighted by molar-refractivity contribution is 8.07. The van der Waals surface area contributed by atoms with Gasteiger partial charge in [-0.25, -0.2) is 9.59 Å². The smallest absolute Gasteiger partial charge is 0.407 e. The molecule has 58 heavy (non-hydrogen) atoms. The van der Waals surface area contributed by atoms with Crippen LogP contribution in [0.4, 0.5) is 4.79 Å². The number of nitrogens with one attached hydrogen (secondary N) is 2. The van der Waals surface area contributed by atoms with Crippen LogP contribution in [0.3, 0.4) is 0 Å². The number of rotatable bonds is 14. The zero-order valence-electron chi connectivity index (χ0n) is 31.9. The van der Waals surface area contributed by atoms with Crippen LogP contribution in [0.5, 0.6) is 0 Å². The first-order valence-corrected chi connectivity index (χ1v) is 23.3. The number of benzene rings is 3. The Kier molecular flexibility index (Phi) is 13.3. The first kappa shape index (κ1) is 41.6. The van der Waals surface area contributed by atoms with E-state index in [0.29, 0.717) is 43.2 Å². The molecule has 5 aromatic rings. The third-order valence-corrected chi connectivity index (χ3v) is 15.0. The van der Waals surface area contributed by atoms with Gasteiger partial charge in [-0.05, 0) is 48.9 Å². The number of hydrogen-bond acceptors (Lipinski definition) is 12. The number of thioether (sulfide) groups is 3. The lowest BCUT2D eigenvalue weighted by molar-refractivity contribution is -0.154. The lowest BCUT2D eigenvalue weighted by Gasteiger charge is -2.49. The molecule has 0 spiro atoms. The first-order valence-electron chi connectivity index (χ1n) is 18.5. The van der Waals surface area contributed by atoms with Crippen molar-refractivity contribution in [3.8, 4) is 0 Å². The zero-order valence-corrected chi connectivity index (χ0v) is 36.0. The second-order valence-electron chi connectivity index (χ2n) is 14.4. The van der Waals surface area contributed by atoms with Crippen LogP contribution in [0.1, 0.15) is 49.1 Å². The standard InChI is InChI=1S/C43H41N3O7S5/c1-43(2,3)53-42(51)44-20-22-54-24-29-35(48)37-30(19-21-55-37)57-41(29)58-31-25-56-39-33(45-32(47)23-26-13-7-4-8-14-26)38(49)46(39)34(31)40(50)52-36(27-15-9-5-10-16-27)28-17-11-6-12-18-28/h4-19,21,33,36,39H,20,22-25H2,1-3H3,(H,44,51)(H,45,47)/t33?,39-/m1/s1. The van der Waals surface area contributed by atoms with Gasteiger partial charge in [-0.2, -0.15) is 11.8 Å². The summed E-state index contributed by atoms with van der Waals surface area (Å²) in [5.41, 5.74) is 2.35. The van der Waals surface area contributed by atoms with Crippen molar-refractivity contribution in [2.24, 2.45) is 0 Å². The van der Waals surface area contributed by atoms with Gasteiger partial charge in [0.15, 0.2) is 6.10 Å². The number of fused-ring (bicyclic) bond motifs is 2. The molecule has 300 valence electrons. The zero-order chi connectivity index (χ0) is 40.8. The summed E-state index contributed by atoms with van der Waals surface area (Å²) in [6.45, 7) is 5.76. The van der Waals surface area contributed by atoms with Gasteiger partial charge in [0.1, 0.15) is 22.7 Å². The van der Waals surface area contributed by atoms with Crippen molar-refractivity contribution >= 4 is 91.2 Å². The van der Waals surface area contributed by atoms with E-state index >= 15 is 0 Å². The van der Waals surface area contributed by atoms with E-state index in [2.05, 4.69) is 10.6 Å². The van der Waals surface area contributed by atoms with Crippen LogP contribution in [0.25, 0.3) is 9.40 Å². The van der Waals surface area contributed by atoms with Crippen LogP contribution in [0.15, 0.2) is 122 Å². The second kappa shape index (κ2) is 18.6. The van der Waals surface area contributed by atoms with Crippen molar-refractivity contribution in [3.63, 3.8) is 0 Å². The average Bonchev–Trinajstić information content (AvgIpc) is 3.69. The van der Waals surface area contributed by atoms with Crippen molar-refractivity contribution in [2.45, 2.75) is 60.3 Å². The summed E-state index contributed by atoms with van der Waals surface area (Å²) < 4.78 is 13.9. The van der Waals surface area contributed by atoms with Gasteiger partial charge in [0, 0.05) is 34.3 Å². The Morgan fingerprint density at radius 3 is 2.22 bits per heavy atom. The topological polar surface area (TPSA) is 131 Å². The average molecular weight is 872 g/mol. The predicted molar refractivity (Wildman–Crippen MR) is 235 cm³/mol. The van der Waals surface area contributed by atoms with Crippen LogP contribution < -0.4 is 16.1 Å². The van der Waals surface area contributed by atoms with E-state index in [9.17, 15) is 24.0 Å². The fourth-order valence-electron chi connectivity index (χ4n) is 6.38. The molecule has 10 nitrogen and oxygen atoms in total. The molecule has 0 aliphatic carbocycles. The Morgan fingerprint density at radius 1 is 0.914 bits per heavy atom. The van der Waals surface area contributed by atoms with Gasteiger partial charge in [0.05, 0.1) is 20.0 Å². The third-order valence-electron chi connectivity index (χ3n) is 9.02. The molecule has 3 amide bonds. The van der Waals surface area contributed by atoms with E-state index in [-0.39, 0.29) is 23.5 Å². The number of carbonyl (C=O) groups is 4. The van der Waals surface area contributed by atoms with Crippen molar-refractivity contribution in [1.82, 2.24) is 15.5 Å². The summed E-state index contributed by atoms with van der Waals surface area (Å²) in [7, 11) is 0. The minimum absolute atomic E-state index is 0.0839. The van der Waals surface area contributed by atoms with Gasteiger partial charge < -0.3 is 20.1 Å². The summed E-state index contributed by atoms with van der Waals surface area (Å²) in [5.74, 6) is -0.135. The maximum absolute atomic E-state index is 14.7. The Morgan fingerprint density at radius 2 is 1.57 bits per heavy atom. The van der Waals surface area contributed by atoms with Crippen LogP contribution in [0, 0.1) is 0 Å². The minimum Gasteiger partial charge on any atom is -0.448 e. The molecule has 2 aromatic heterocycles. The van der Waals surface area contributed by atoms with Gasteiger partial charge in [0.25, 0.3) is 5.91 Å². The fraction of sp³-hybridized carbons (Fsp3) is 0.279. The maximum Gasteiger partial charge on any atom is 0.407 e. The number of hydrogen-bond donors (Lipinski definition) is 2. The molecule has 0 saturated carbocycles. The Labute approximate surface area is 357 Å². The van der Waals surface area contributed by atoms with E-state index < -0.39 is 41.1 Å². The number of amides is 3. The van der Waals surface area contributed by atoms with Crippen LogP contribution in [-0.4, -0.2) is 63.8 Å². The van der Waals surface area contributed by atoms with E-state index in [4.69, 9.17) is 9.47 Å². The number of esters is 1. The molecule has 2 aliphatic heterocycles. The van der Waals surface area contributed by atoms with Gasteiger partial charge in [-0.15, -0.1) is 34.4 Å². The molecular formula is C43H41N3O7S5. The van der Waals surface area contributed by atoms with E-state index in [0.717, 1.165) is 21.4 Å². The SMILES string of the molecule is CC(C)(C)OC(=O)NCCSCc1c(SC2=C(C(=O)OC(c3ccccc3)c3ccccc3)N3C(=O)C(NC(=O)Cc4ccccc4)[C@H]3SC2)sc2ccsc2c1=O. The van der Waals surface area contributed by atoms with Crippen molar-refractivity contribution in [1.29, 1.82) is 0 Å². The van der Waals surface area contributed by atoms with Crippen molar-refractivity contribution in [3.05, 3.63) is 146 Å². The lowest BCUT2D eigenvalue weighted by Crippen LogP contribution is -2.70. The van der Waals surface area contributed by atoms with E-state index in [1.807, 2.05) is 102 Å². The van der Waals surface area contributed by atoms with Gasteiger partial charge >= 0.3 is 12.1 Å². The summed E-state index contributed by atoms with van der Waals surface area (Å²) in [5, 5.41) is 7.03. The lowest BCUT2D eigenvalue weighted by atomic mass is 10.0. The normalized spacial score (nSPS) is 16.5.